The number of carbonyl (C=O) groups is 1. The molecule has 1 aromatic rings. The van der Waals surface area contributed by atoms with E-state index >= 15 is 0 Å². The average Bonchev–Trinajstić information content (AvgIpc) is 2.85. The third-order valence-corrected chi connectivity index (χ3v) is 2.47. The number of pyridine rings is 1. The molecule has 1 heterocycles. The van der Waals surface area contributed by atoms with E-state index < -0.39 is 0 Å². The smallest absolute Gasteiger partial charge is 0.170 e. The van der Waals surface area contributed by atoms with Crippen molar-refractivity contribution in [3.63, 3.8) is 0 Å². The van der Waals surface area contributed by atoms with Gasteiger partial charge in [-0.2, -0.15) is 0 Å². The van der Waals surface area contributed by atoms with Gasteiger partial charge in [-0.3, -0.25) is 9.78 Å². The van der Waals surface area contributed by atoms with E-state index in [9.17, 15) is 4.79 Å². The predicted molar refractivity (Wildman–Crippen MR) is 45.9 cm³/mol. The summed E-state index contributed by atoms with van der Waals surface area (Å²) >= 11 is 0. The summed E-state index contributed by atoms with van der Waals surface area (Å²) in [6.45, 7) is 2.02. The summed E-state index contributed by atoms with van der Waals surface area (Å²) in [5.41, 5.74) is 0.681. The Bertz CT molecular complexity index is 301. The predicted octanol–water partition coefficient (Wildman–Crippen LogP) is 2.06. The van der Waals surface area contributed by atoms with Crippen LogP contribution in [-0.2, 0) is 0 Å². The SMILES string of the molecule is CC1(C(=O)c2cccnc2)CC1. The van der Waals surface area contributed by atoms with Crippen molar-refractivity contribution in [2.24, 2.45) is 5.41 Å². The molecule has 2 nitrogen and oxygen atoms in total. The molecule has 1 saturated carbocycles. The Kier molecular flexibility index (Phi) is 1.50. The zero-order valence-electron chi connectivity index (χ0n) is 7.08. The van der Waals surface area contributed by atoms with Gasteiger partial charge in [0.05, 0.1) is 0 Å². The molecule has 0 aliphatic heterocycles. The first-order valence-electron chi connectivity index (χ1n) is 4.17. The van der Waals surface area contributed by atoms with Crippen molar-refractivity contribution in [1.29, 1.82) is 0 Å². The minimum atomic E-state index is -0.0664. The van der Waals surface area contributed by atoms with Gasteiger partial charge >= 0.3 is 0 Å². The summed E-state index contributed by atoms with van der Waals surface area (Å²) in [5.74, 6) is 0.246. The normalized spacial score (nSPS) is 18.8. The van der Waals surface area contributed by atoms with Gasteiger partial charge in [0.2, 0.25) is 0 Å². The fraction of sp³-hybridized carbons (Fsp3) is 0.400. The molecule has 1 fully saturated rings. The van der Waals surface area contributed by atoms with Gasteiger partial charge in [-0.05, 0) is 25.0 Å². The number of rotatable bonds is 2. The van der Waals surface area contributed by atoms with Crippen LogP contribution in [0.3, 0.4) is 0 Å². The third kappa shape index (κ3) is 1.13. The largest absolute Gasteiger partial charge is 0.294 e. The maximum absolute atomic E-state index is 11.7. The van der Waals surface area contributed by atoms with Gasteiger partial charge in [-0.1, -0.05) is 6.92 Å². The number of Topliss-reactive ketones (excluding diaryl/α,β-unsaturated/α-hetero) is 1. The van der Waals surface area contributed by atoms with Crippen LogP contribution in [0, 0.1) is 5.41 Å². The molecular formula is C10H11NO. The Morgan fingerprint density at radius 1 is 1.58 bits per heavy atom. The summed E-state index contributed by atoms with van der Waals surface area (Å²) in [6.07, 6.45) is 5.39. The zero-order valence-corrected chi connectivity index (χ0v) is 7.08. The topological polar surface area (TPSA) is 30.0 Å². The van der Waals surface area contributed by atoms with Crippen LogP contribution in [0.15, 0.2) is 24.5 Å². The van der Waals surface area contributed by atoms with Crippen LogP contribution >= 0.6 is 0 Å². The van der Waals surface area contributed by atoms with Crippen molar-refractivity contribution in [3.8, 4) is 0 Å². The molecular weight excluding hydrogens is 150 g/mol. The molecule has 1 aliphatic rings. The van der Waals surface area contributed by atoms with Crippen LogP contribution in [-0.4, -0.2) is 10.8 Å². The number of ketones is 1. The van der Waals surface area contributed by atoms with Crippen molar-refractivity contribution in [2.75, 3.05) is 0 Å². The highest BCUT2D eigenvalue weighted by Gasteiger charge is 2.44. The van der Waals surface area contributed by atoms with Crippen LogP contribution < -0.4 is 0 Å². The number of hydrogen-bond donors (Lipinski definition) is 0. The lowest BCUT2D eigenvalue weighted by Gasteiger charge is -2.05. The first-order valence-corrected chi connectivity index (χ1v) is 4.17. The summed E-state index contributed by atoms with van der Waals surface area (Å²) in [7, 11) is 0. The van der Waals surface area contributed by atoms with Crippen molar-refractivity contribution < 1.29 is 4.79 Å². The molecule has 1 aliphatic carbocycles. The lowest BCUT2D eigenvalue weighted by molar-refractivity contribution is 0.0912. The molecule has 2 heteroatoms. The Balaban J connectivity index is 2.26. The summed E-state index contributed by atoms with van der Waals surface area (Å²) in [5, 5.41) is 0. The van der Waals surface area contributed by atoms with E-state index in [0.717, 1.165) is 18.4 Å². The van der Waals surface area contributed by atoms with Crippen molar-refractivity contribution in [2.45, 2.75) is 19.8 Å². The quantitative estimate of drug-likeness (QED) is 0.621. The first-order chi connectivity index (χ1) is 5.72. The minimum Gasteiger partial charge on any atom is -0.294 e. The van der Waals surface area contributed by atoms with Crippen LogP contribution in [0.5, 0.6) is 0 Å². The molecule has 0 amide bonds. The molecule has 0 bridgehead atoms. The monoisotopic (exact) mass is 161 g/mol. The highest BCUT2D eigenvalue weighted by molar-refractivity contribution is 6.01. The molecule has 2 rings (SSSR count). The fourth-order valence-corrected chi connectivity index (χ4v) is 1.26. The van der Waals surface area contributed by atoms with E-state index in [4.69, 9.17) is 0 Å². The van der Waals surface area contributed by atoms with Crippen molar-refractivity contribution in [1.82, 2.24) is 4.98 Å². The molecule has 12 heavy (non-hydrogen) atoms. The van der Waals surface area contributed by atoms with E-state index in [1.165, 1.54) is 0 Å². The lowest BCUT2D eigenvalue weighted by atomic mass is 9.98. The maximum atomic E-state index is 11.7. The van der Waals surface area contributed by atoms with Gasteiger partial charge < -0.3 is 0 Å². The molecule has 0 N–H and O–H groups in total. The first kappa shape index (κ1) is 7.47. The van der Waals surface area contributed by atoms with Gasteiger partial charge in [-0.25, -0.2) is 0 Å². The molecule has 0 aromatic carbocycles. The van der Waals surface area contributed by atoms with E-state index in [0.29, 0.717) is 0 Å². The maximum Gasteiger partial charge on any atom is 0.170 e. The zero-order chi connectivity index (χ0) is 8.60. The van der Waals surface area contributed by atoms with Crippen LogP contribution in [0.1, 0.15) is 30.1 Å². The number of carbonyl (C=O) groups excluding carboxylic acids is 1. The van der Waals surface area contributed by atoms with E-state index in [1.807, 2.05) is 13.0 Å². The summed E-state index contributed by atoms with van der Waals surface area (Å²) in [6, 6.07) is 3.64. The van der Waals surface area contributed by atoms with Gasteiger partial charge in [0, 0.05) is 23.4 Å². The standard InChI is InChI=1S/C10H11NO/c1-10(4-5-10)9(12)8-3-2-6-11-7-8/h2-3,6-7H,4-5H2,1H3. The van der Waals surface area contributed by atoms with E-state index in [-0.39, 0.29) is 11.2 Å². The average molecular weight is 161 g/mol. The minimum absolute atomic E-state index is 0.0664. The number of hydrogen-bond acceptors (Lipinski definition) is 2. The van der Waals surface area contributed by atoms with Crippen molar-refractivity contribution in [3.05, 3.63) is 30.1 Å². The molecule has 0 atom stereocenters. The van der Waals surface area contributed by atoms with Gasteiger partial charge in [-0.15, -0.1) is 0 Å². The lowest BCUT2D eigenvalue weighted by Crippen LogP contribution is -2.11. The molecule has 1 aromatic heterocycles. The highest BCUT2D eigenvalue weighted by atomic mass is 16.1. The molecule has 0 saturated heterocycles. The van der Waals surface area contributed by atoms with Gasteiger partial charge in [0.1, 0.15) is 0 Å². The van der Waals surface area contributed by atoms with Crippen LogP contribution in [0.4, 0.5) is 0 Å². The molecule has 0 spiro atoms. The number of aromatic nitrogens is 1. The molecule has 0 unspecified atom stereocenters. The molecule has 62 valence electrons. The second-order valence-electron chi connectivity index (χ2n) is 3.63. The van der Waals surface area contributed by atoms with Crippen molar-refractivity contribution >= 4 is 5.78 Å². The summed E-state index contributed by atoms with van der Waals surface area (Å²) in [4.78, 5) is 15.6. The van der Waals surface area contributed by atoms with Gasteiger partial charge in [0.25, 0.3) is 0 Å². The number of nitrogens with zero attached hydrogens (tertiary/aromatic N) is 1. The second-order valence-corrected chi connectivity index (χ2v) is 3.63. The Morgan fingerprint density at radius 3 is 2.83 bits per heavy atom. The summed E-state index contributed by atoms with van der Waals surface area (Å²) < 4.78 is 0. The van der Waals surface area contributed by atoms with Crippen LogP contribution in [0.25, 0.3) is 0 Å². The highest BCUT2D eigenvalue weighted by Crippen LogP contribution is 2.47. The van der Waals surface area contributed by atoms with Crippen LogP contribution in [0.2, 0.25) is 0 Å². The third-order valence-electron chi connectivity index (χ3n) is 2.47. The second kappa shape index (κ2) is 2.41. The molecule has 0 radical (unpaired) electrons. The Morgan fingerprint density at radius 2 is 2.33 bits per heavy atom. The van der Waals surface area contributed by atoms with E-state index in [1.54, 1.807) is 18.5 Å². The fourth-order valence-electron chi connectivity index (χ4n) is 1.26. The van der Waals surface area contributed by atoms with E-state index in [2.05, 4.69) is 4.98 Å². The van der Waals surface area contributed by atoms with Gasteiger partial charge in [0.15, 0.2) is 5.78 Å². The Labute approximate surface area is 71.6 Å². The Hall–Kier alpha value is -1.18.